The Bertz CT molecular complexity index is 183. The molecule has 0 saturated heterocycles. The van der Waals surface area contributed by atoms with Crippen LogP contribution < -0.4 is 5.32 Å². The lowest BCUT2D eigenvalue weighted by atomic mass is 10.3. The van der Waals surface area contributed by atoms with E-state index < -0.39 is 0 Å². The van der Waals surface area contributed by atoms with Crippen LogP contribution in [0.25, 0.3) is 0 Å². The molecule has 0 bridgehead atoms. The molecule has 0 aromatic rings. The van der Waals surface area contributed by atoms with Crippen molar-refractivity contribution in [1.82, 2.24) is 5.32 Å². The Labute approximate surface area is 76.2 Å². The molecule has 0 aliphatic rings. The minimum absolute atomic E-state index is 0.742. The van der Waals surface area contributed by atoms with E-state index in [1.54, 1.807) is 0 Å². The Hall–Kier alpha value is -0.410. The molecule has 0 aliphatic carbocycles. The van der Waals surface area contributed by atoms with Crippen molar-refractivity contribution < 1.29 is 0 Å². The molecule has 0 saturated carbocycles. The van der Waals surface area contributed by atoms with Gasteiger partial charge in [0.15, 0.2) is 0 Å². The molecule has 3 heteroatoms. The maximum atomic E-state index is 3.84. The number of aliphatic imine (C=N–C) groups is 1. The van der Waals surface area contributed by atoms with Crippen molar-refractivity contribution in [1.29, 1.82) is 0 Å². The third-order valence-corrected chi connectivity index (χ3v) is 1.83. The molecule has 0 radical (unpaired) electrons. The fraction of sp³-hybridized carbons (Fsp3) is 0.375. The van der Waals surface area contributed by atoms with Gasteiger partial charge in [-0.25, -0.2) is 0 Å². The van der Waals surface area contributed by atoms with Gasteiger partial charge in [0.1, 0.15) is 0 Å². The summed E-state index contributed by atoms with van der Waals surface area (Å²) in [4.78, 5) is 3.84. The molecule has 0 aromatic carbocycles. The number of rotatable bonds is 4. The molecular weight excluding hydrogens is 204 g/mol. The van der Waals surface area contributed by atoms with E-state index in [2.05, 4.69) is 33.0 Å². The van der Waals surface area contributed by atoms with Crippen molar-refractivity contribution in [2.45, 2.75) is 6.92 Å². The zero-order valence-corrected chi connectivity index (χ0v) is 8.48. The summed E-state index contributed by atoms with van der Waals surface area (Å²) >= 11 is 3.36. The van der Waals surface area contributed by atoms with Crippen LogP contribution in [0.2, 0.25) is 0 Å². The number of likely N-dealkylation sites (N-methyl/N-ethyl adjacent to an activating group) is 1. The summed E-state index contributed by atoms with van der Waals surface area (Å²) in [6.07, 6.45) is 3.89. The molecule has 0 spiro atoms. The van der Waals surface area contributed by atoms with Gasteiger partial charge in [-0.15, -0.1) is 0 Å². The molecule has 1 N–H and O–H groups in total. The molecule has 2 nitrogen and oxygen atoms in total. The van der Waals surface area contributed by atoms with Crippen LogP contribution in [-0.4, -0.2) is 20.3 Å². The van der Waals surface area contributed by atoms with Gasteiger partial charge in [0.2, 0.25) is 0 Å². The van der Waals surface area contributed by atoms with Crippen molar-refractivity contribution in [3.8, 4) is 0 Å². The first-order chi connectivity index (χ1) is 5.24. The van der Waals surface area contributed by atoms with Crippen molar-refractivity contribution in [2.24, 2.45) is 4.99 Å². The van der Waals surface area contributed by atoms with Crippen LogP contribution in [0.15, 0.2) is 27.3 Å². The second-order valence-electron chi connectivity index (χ2n) is 2.00. The predicted octanol–water partition coefficient (Wildman–Crippen LogP) is 2.09. The molecule has 11 heavy (non-hydrogen) atoms. The highest BCUT2D eigenvalue weighted by atomic mass is 79.9. The van der Waals surface area contributed by atoms with Crippen molar-refractivity contribution in [2.75, 3.05) is 13.6 Å². The topological polar surface area (TPSA) is 24.4 Å². The molecule has 62 valence electrons. The molecule has 0 atom stereocenters. The largest absolute Gasteiger partial charge is 0.314 e. The van der Waals surface area contributed by atoms with Crippen LogP contribution in [0.3, 0.4) is 0 Å². The zero-order chi connectivity index (χ0) is 8.69. The maximum Gasteiger partial charge on any atom is 0.0545 e. The SMILES string of the molecule is C=N/C(=C\C(Br)=C/C)CNC. The fourth-order valence-corrected chi connectivity index (χ4v) is 0.840. The highest BCUT2D eigenvalue weighted by Gasteiger charge is 1.90. The van der Waals surface area contributed by atoms with Crippen LogP contribution in [0.1, 0.15) is 6.92 Å². The summed E-state index contributed by atoms with van der Waals surface area (Å²) in [7, 11) is 1.88. The predicted molar refractivity (Wildman–Crippen MR) is 54.2 cm³/mol. The lowest BCUT2D eigenvalue weighted by Gasteiger charge is -1.98. The molecule has 0 aliphatic heterocycles. The minimum Gasteiger partial charge on any atom is -0.314 e. The van der Waals surface area contributed by atoms with Crippen LogP contribution in [0.4, 0.5) is 0 Å². The Kier molecular flexibility index (Phi) is 6.07. The first-order valence-electron chi connectivity index (χ1n) is 3.38. The fourth-order valence-electron chi connectivity index (χ4n) is 0.576. The van der Waals surface area contributed by atoms with Crippen LogP contribution in [-0.2, 0) is 0 Å². The van der Waals surface area contributed by atoms with E-state index >= 15 is 0 Å². The van der Waals surface area contributed by atoms with Crippen molar-refractivity contribution in [3.63, 3.8) is 0 Å². The van der Waals surface area contributed by atoms with E-state index in [1.165, 1.54) is 0 Å². The quantitative estimate of drug-likeness (QED) is 0.565. The number of halogens is 1. The molecule has 0 rings (SSSR count). The van der Waals surface area contributed by atoms with Gasteiger partial charge in [0, 0.05) is 11.0 Å². The Morgan fingerprint density at radius 2 is 2.36 bits per heavy atom. The number of hydrogen-bond acceptors (Lipinski definition) is 2. The summed E-state index contributed by atoms with van der Waals surface area (Å²) in [6.45, 7) is 6.16. The van der Waals surface area contributed by atoms with Gasteiger partial charge in [0.25, 0.3) is 0 Å². The van der Waals surface area contributed by atoms with Crippen molar-refractivity contribution in [3.05, 3.63) is 22.3 Å². The van der Waals surface area contributed by atoms with Gasteiger partial charge in [0.05, 0.1) is 5.70 Å². The smallest absolute Gasteiger partial charge is 0.0545 e. The second kappa shape index (κ2) is 6.31. The molecular formula is C8H13BrN2. The molecule has 0 heterocycles. The van der Waals surface area contributed by atoms with Gasteiger partial charge < -0.3 is 5.32 Å². The number of nitrogens with zero attached hydrogens (tertiary/aromatic N) is 1. The minimum atomic E-state index is 0.742. The van der Waals surface area contributed by atoms with E-state index in [9.17, 15) is 0 Å². The van der Waals surface area contributed by atoms with Crippen LogP contribution in [0.5, 0.6) is 0 Å². The number of hydrogen-bond donors (Lipinski definition) is 1. The lowest BCUT2D eigenvalue weighted by Crippen LogP contribution is -2.08. The molecule has 0 unspecified atom stereocenters. The average Bonchev–Trinajstić information content (AvgIpc) is 2.03. The Balaban J connectivity index is 4.22. The number of allylic oxidation sites excluding steroid dienone is 3. The molecule has 0 amide bonds. The number of nitrogens with one attached hydrogen (secondary N) is 1. The van der Waals surface area contributed by atoms with E-state index in [0.29, 0.717) is 0 Å². The lowest BCUT2D eigenvalue weighted by molar-refractivity contribution is 0.872. The summed E-state index contributed by atoms with van der Waals surface area (Å²) < 4.78 is 1.02. The van der Waals surface area contributed by atoms with Gasteiger partial charge in [-0.2, -0.15) is 0 Å². The first-order valence-corrected chi connectivity index (χ1v) is 4.17. The van der Waals surface area contributed by atoms with Gasteiger partial charge in [-0.3, -0.25) is 4.99 Å². The van der Waals surface area contributed by atoms with Gasteiger partial charge >= 0.3 is 0 Å². The summed E-state index contributed by atoms with van der Waals surface area (Å²) in [5.74, 6) is 0. The summed E-state index contributed by atoms with van der Waals surface area (Å²) in [5, 5.41) is 3.00. The van der Waals surface area contributed by atoms with Crippen LogP contribution >= 0.6 is 15.9 Å². The third-order valence-electron chi connectivity index (χ3n) is 1.14. The summed E-state index contributed by atoms with van der Waals surface area (Å²) in [6, 6.07) is 0. The van der Waals surface area contributed by atoms with E-state index in [4.69, 9.17) is 0 Å². The van der Waals surface area contributed by atoms with Crippen molar-refractivity contribution >= 4 is 22.6 Å². The highest BCUT2D eigenvalue weighted by molar-refractivity contribution is 9.11. The zero-order valence-electron chi connectivity index (χ0n) is 6.89. The molecule has 0 aromatic heterocycles. The van der Waals surface area contributed by atoms with E-state index in [1.807, 2.05) is 26.1 Å². The van der Waals surface area contributed by atoms with Gasteiger partial charge in [-0.1, -0.05) is 22.0 Å². The van der Waals surface area contributed by atoms with E-state index in [0.717, 1.165) is 16.7 Å². The van der Waals surface area contributed by atoms with Gasteiger partial charge in [-0.05, 0) is 26.8 Å². The molecule has 0 fully saturated rings. The van der Waals surface area contributed by atoms with E-state index in [-0.39, 0.29) is 0 Å². The summed E-state index contributed by atoms with van der Waals surface area (Å²) in [5.41, 5.74) is 0.928. The third kappa shape index (κ3) is 4.93. The Morgan fingerprint density at radius 1 is 1.73 bits per heavy atom. The highest BCUT2D eigenvalue weighted by Crippen LogP contribution is 2.09. The standard InChI is InChI=1S/C8H13BrN2/c1-4-7(9)5-8(11-3)6-10-2/h4-5,10H,3,6H2,1-2H3/b7-4+,8-5-. The normalized spacial score (nSPS) is 13.4. The Morgan fingerprint density at radius 3 is 2.73 bits per heavy atom. The van der Waals surface area contributed by atoms with Crippen LogP contribution in [0, 0.1) is 0 Å². The second-order valence-corrected chi connectivity index (χ2v) is 2.91. The first kappa shape index (κ1) is 10.6. The monoisotopic (exact) mass is 216 g/mol. The average molecular weight is 217 g/mol. The maximum absolute atomic E-state index is 3.84.